The van der Waals surface area contributed by atoms with E-state index in [2.05, 4.69) is 229 Å². The molecule has 0 aliphatic carbocycles. The van der Waals surface area contributed by atoms with Gasteiger partial charge < -0.3 is 9.32 Å². The number of rotatable bonds is 8. The van der Waals surface area contributed by atoms with Gasteiger partial charge in [0.15, 0.2) is 0 Å². The van der Waals surface area contributed by atoms with Crippen LogP contribution in [0.1, 0.15) is 0 Å². The Labute approximate surface area is 349 Å². The van der Waals surface area contributed by atoms with Crippen molar-refractivity contribution in [3.8, 4) is 55.6 Å². The minimum Gasteiger partial charge on any atom is -0.456 e. The van der Waals surface area contributed by atoms with Gasteiger partial charge in [-0.3, -0.25) is 0 Å². The van der Waals surface area contributed by atoms with Crippen molar-refractivity contribution in [1.82, 2.24) is 0 Å². The van der Waals surface area contributed by atoms with Gasteiger partial charge in [-0.1, -0.05) is 182 Å². The zero-order valence-corrected chi connectivity index (χ0v) is 32.9. The first-order valence-corrected chi connectivity index (χ1v) is 20.5. The van der Waals surface area contributed by atoms with E-state index < -0.39 is 0 Å². The highest BCUT2D eigenvalue weighted by molar-refractivity contribution is 6.06. The number of fused-ring (bicyclic) bond motifs is 4. The second-order valence-corrected chi connectivity index (χ2v) is 15.3. The number of hydrogen-bond acceptors (Lipinski definition) is 2. The molecule has 2 nitrogen and oxygen atoms in total. The molecule has 0 aliphatic rings. The second kappa shape index (κ2) is 15.1. The van der Waals surface area contributed by atoms with E-state index in [1.54, 1.807) is 0 Å². The monoisotopic (exact) mass is 765 g/mol. The molecule has 0 bridgehead atoms. The molecule has 10 aromatic carbocycles. The molecule has 0 atom stereocenters. The van der Waals surface area contributed by atoms with Crippen molar-refractivity contribution in [2.24, 2.45) is 0 Å². The summed E-state index contributed by atoms with van der Waals surface area (Å²) in [5, 5.41) is 4.79. The van der Waals surface area contributed by atoms with Crippen LogP contribution >= 0.6 is 0 Å². The van der Waals surface area contributed by atoms with Crippen LogP contribution < -0.4 is 4.90 Å². The zero-order valence-electron chi connectivity index (χ0n) is 32.9. The molecule has 2 heteroatoms. The highest BCUT2D eigenvalue weighted by Crippen LogP contribution is 2.39. The van der Waals surface area contributed by atoms with Crippen LogP contribution in [0, 0.1) is 0 Å². The lowest BCUT2D eigenvalue weighted by Crippen LogP contribution is -2.09. The predicted molar refractivity (Wildman–Crippen MR) is 253 cm³/mol. The minimum atomic E-state index is 0.905. The van der Waals surface area contributed by atoms with Gasteiger partial charge in [0.05, 0.1) is 0 Å². The van der Waals surface area contributed by atoms with Crippen molar-refractivity contribution in [3.05, 3.63) is 237 Å². The summed E-state index contributed by atoms with van der Waals surface area (Å²) in [7, 11) is 0. The van der Waals surface area contributed by atoms with Crippen LogP contribution in [0.2, 0.25) is 0 Å². The molecule has 0 saturated heterocycles. The van der Waals surface area contributed by atoms with Gasteiger partial charge in [-0.25, -0.2) is 0 Å². The summed E-state index contributed by atoms with van der Waals surface area (Å²) in [4.78, 5) is 2.34. The fraction of sp³-hybridized carbons (Fsp3) is 0. The zero-order chi connectivity index (χ0) is 39.8. The lowest BCUT2D eigenvalue weighted by Gasteiger charge is -2.26. The summed E-state index contributed by atoms with van der Waals surface area (Å²) in [6, 6.07) is 84.9. The maximum atomic E-state index is 6.12. The van der Waals surface area contributed by atoms with Crippen LogP contribution in [0.15, 0.2) is 241 Å². The molecule has 60 heavy (non-hydrogen) atoms. The van der Waals surface area contributed by atoms with Gasteiger partial charge in [0.2, 0.25) is 0 Å². The Hall–Kier alpha value is -7.94. The van der Waals surface area contributed by atoms with Crippen LogP contribution in [-0.4, -0.2) is 0 Å². The number of anilines is 3. The lowest BCUT2D eigenvalue weighted by molar-refractivity contribution is 0.669. The maximum absolute atomic E-state index is 6.12. The SMILES string of the molecule is c1ccc(-c2ccc(-c3ccc(N(c4ccc(-c5ccc(-c6cccc7ccccc67)cc5)cc4)c4ccc(-c5ccc6oc7ccccc7c6c5)cc4)cc3)cc2)cc1. The molecule has 0 radical (unpaired) electrons. The number of hydrogen-bond donors (Lipinski definition) is 0. The molecule has 1 aromatic heterocycles. The molecule has 1 heterocycles. The number of benzene rings is 10. The van der Waals surface area contributed by atoms with E-state index in [9.17, 15) is 0 Å². The topological polar surface area (TPSA) is 16.4 Å². The Kier molecular flexibility index (Phi) is 8.87. The third kappa shape index (κ3) is 6.61. The van der Waals surface area contributed by atoms with E-state index in [1.165, 1.54) is 55.3 Å². The number of nitrogens with zero attached hydrogens (tertiary/aromatic N) is 1. The first-order valence-electron chi connectivity index (χ1n) is 20.5. The van der Waals surface area contributed by atoms with Crippen LogP contribution in [0.3, 0.4) is 0 Å². The first kappa shape index (κ1) is 35.2. The maximum Gasteiger partial charge on any atom is 0.135 e. The van der Waals surface area contributed by atoms with E-state index in [-0.39, 0.29) is 0 Å². The third-order valence-electron chi connectivity index (χ3n) is 11.7. The van der Waals surface area contributed by atoms with E-state index in [0.717, 1.165) is 50.1 Å². The van der Waals surface area contributed by atoms with Gasteiger partial charge in [0.1, 0.15) is 11.2 Å². The van der Waals surface area contributed by atoms with Crippen LogP contribution in [0.25, 0.3) is 88.3 Å². The average Bonchev–Trinajstić information content (AvgIpc) is 3.71. The Balaban J connectivity index is 0.920. The number of furan rings is 1. The summed E-state index contributed by atoms with van der Waals surface area (Å²) >= 11 is 0. The fourth-order valence-corrected chi connectivity index (χ4v) is 8.57. The molecular weight excluding hydrogens is 727 g/mol. The molecule has 282 valence electrons. The van der Waals surface area contributed by atoms with E-state index >= 15 is 0 Å². The largest absolute Gasteiger partial charge is 0.456 e. The number of para-hydroxylation sites is 1. The predicted octanol–water partition coefficient (Wildman–Crippen LogP) is 16.5. The fourth-order valence-electron chi connectivity index (χ4n) is 8.57. The summed E-state index contributed by atoms with van der Waals surface area (Å²) < 4.78 is 6.12. The highest BCUT2D eigenvalue weighted by atomic mass is 16.3. The summed E-state index contributed by atoms with van der Waals surface area (Å²) in [6.07, 6.45) is 0. The first-order chi connectivity index (χ1) is 29.7. The Morgan fingerprint density at radius 1 is 0.250 bits per heavy atom. The molecule has 0 saturated carbocycles. The summed E-state index contributed by atoms with van der Waals surface area (Å²) in [6.45, 7) is 0. The Morgan fingerprint density at radius 2 is 0.650 bits per heavy atom. The van der Waals surface area contributed by atoms with Gasteiger partial charge in [-0.15, -0.1) is 0 Å². The Morgan fingerprint density at radius 3 is 1.23 bits per heavy atom. The summed E-state index contributed by atoms with van der Waals surface area (Å²) in [5.41, 5.74) is 17.0. The van der Waals surface area contributed by atoms with Crippen molar-refractivity contribution < 1.29 is 4.42 Å². The van der Waals surface area contributed by atoms with E-state index in [0.29, 0.717) is 0 Å². The van der Waals surface area contributed by atoms with Crippen molar-refractivity contribution in [2.45, 2.75) is 0 Å². The van der Waals surface area contributed by atoms with E-state index in [4.69, 9.17) is 4.42 Å². The quantitative estimate of drug-likeness (QED) is 0.153. The molecule has 0 fully saturated rings. The van der Waals surface area contributed by atoms with Crippen LogP contribution in [0.4, 0.5) is 17.1 Å². The lowest BCUT2D eigenvalue weighted by atomic mass is 9.96. The standard InChI is InChI=1S/C58H39NO/c1-2-9-40(10-3-1)41-17-19-42(20-18-41)44-25-32-50(33-26-44)59(52-36-29-46(30-37-52)49-31-38-58-56(39-49)55-14-6-7-16-57(55)60-58)51-34-27-45(28-35-51)43-21-23-48(24-22-43)54-15-8-12-47-11-4-5-13-53(47)54/h1-39H. The molecular formula is C58H39NO. The highest BCUT2D eigenvalue weighted by Gasteiger charge is 2.15. The molecule has 11 aromatic rings. The van der Waals surface area contributed by atoms with Gasteiger partial charge in [0, 0.05) is 27.8 Å². The molecule has 11 rings (SSSR count). The molecule has 0 aliphatic heterocycles. The van der Waals surface area contributed by atoms with Gasteiger partial charge in [-0.05, 0) is 121 Å². The van der Waals surface area contributed by atoms with Crippen molar-refractivity contribution in [1.29, 1.82) is 0 Å². The van der Waals surface area contributed by atoms with Gasteiger partial charge in [-0.2, -0.15) is 0 Å². The van der Waals surface area contributed by atoms with E-state index in [1.807, 2.05) is 12.1 Å². The minimum absolute atomic E-state index is 0.905. The van der Waals surface area contributed by atoms with Crippen molar-refractivity contribution in [2.75, 3.05) is 4.90 Å². The van der Waals surface area contributed by atoms with Crippen LogP contribution in [-0.2, 0) is 0 Å². The summed E-state index contributed by atoms with van der Waals surface area (Å²) in [5.74, 6) is 0. The van der Waals surface area contributed by atoms with Gasteiger partial charge >= 0.3 is 0 Å². The van der Waals surface area contributed by atoms with Crippen LogP contribution in [0.5, 0.6) is 0 Å². The molecule has 0 amide bonds. The third-order valence-corrected chi connectivity index (χ3v) is 11.7. The second-order valence-electron chi connectivity index (χ2n) is 15.3. The Bertz CT molecular complexity index is 3250. The normalized spacial score (nSPS) is 11.3. The van der Waals surface area contributed by atoms with Gasteiger partial charge in [0.25, 0.3) is 0 Å². The molecule has 0 N–H and O–H groups in total. The molecule has 0 spiro atoms. The smallest absolute Gasteiger partial charge is 0.135 e. The average molecular weight is 766 g/mol. The van der Waals surface area contributed by atoms with Crippen molar-refractivity contribution >= 4 is 49.8 Å². The van der Waals surface area contributed by atoms with Crippen molar-refractivity contribution in [3.63, 3.8) is 0 Å². The molecule has 0 unspecified atom stereocenters.